The van der Waals surface area contributed by atoms with Crippen LogP contribution in [0.15, 0.2) is 30.3 Å². The zero-order valence-electron chi connectivity index (χ0n) is 14.1. The number of hydrogen-bond acceptors (Lipinski definition) is 3. The molecule has 1 aromatic carbocycles. The minimum absolute atomic E-state index is 0.0947. The Morgan fingerprint density at radius 3 is 2.48 bits per heavy atom. The van der Waals surface area contributed by atoms with E-state index in [1.54, 1.807) is 0 Å². The smallest absolute Gasteiger partial charge is 0.0726 e. The van der Waals surface area contributed by atoms with Gasteiger partial charge in [0.1, 0.15) is 0 Å². The van der Waals surface area contributed by atoms with Crippen molar-refractivity contribution in [1.29, 1.82) is 0 Å². The number of para-hydroxylation sites is 1. The molecule has 0 unspecified atom stereocenters. The highest BCUT2D eigenvalue weighted by atomic mass is 15.1. The number of nitrogens with one attached hydrogen (secondary N) is 1. The summed E-state index contributed by atoms with van der Waals surface area (Å²) >= 11 is 0. The Morgan fingerprint density at radius 1 is 1.19 bits per heavy atom. The summed E-state index contributed by atoms with van der Waals surface area (Å²) in [5.74, 6) is 0. The van der Waals surface area contributed by atoms with E-state index in [2.05, 4.69) is 82.2 Å². The maximum atomic E-state index is 4.79. The first-order chi connectivity index (χ1) is 9.78. The van der Waals surface area contributed by atoms with Gasteiger partial charge >= 0.3 is 0 Å². The molecule has 1 aromatic heterocycles. The molecule has 0 atom stereocenters. The summed E-state index contributed by atoms with van der Waals surface area (Å²) in [5.41, 5.74) is 3.50. The van der Waals surface area contributed by atoms with Crippen molar-refractivity contribution in [1.82, 2.24) is 10.3 Å². The number of anilines is 1. The molecule has 21 heavy (non-hydrogen) atoms. The molecule has 2 aromatic rings. The lowest BCUT2D eigenvalue weighted by atomic mass is 10.1. The molecule has 1 heterocycles. The second-order valence-electron chi connectivity index (χ2n) is 6.96. The predicted octanol–water partition coefficient (Wildman–Crippen LogP) is 3.97. The highest BCUT2D eigenvalue weighted by Gasteiger charge is 2.14. The number of nitrogens with zero attached hydrogens (tertiary/aromatic N) is 2. The van der Waals surface area contributed by atoms with Gasteiger partial charge in [0.15, 0.2) is 0 Å². The van der Waals surface area contributed by atoms with Crippen molar-refractivity contribution in [2.45, 2.75) is 52.7 Å². The third-order valence-electron chi connectivity index (χ3n) is 3.70. The minimum Gasteiger partial charge on any atom is -0.372 e. The van der Waals surface area contributed by atoms with Crippen LogP contribution in [0.1, 0.15) is 40.3 Å². The fourth-order valence-corrected chi connectivity index (χ4v) is 2.23. The fraction of sp³-hybridized carbons (Fsp3) is 0.500. The Bertz CT molecular complexity index is 611. The first-order valence-corrected chi connectivity index (χ1v) is 7.64. The highest BCUT2D eigenvalue weighted by molar-refractivity contribution is 5.92. The van der Waals surface area contributed by atoms with Gasteiger partial charge in [-0.15, -0.1) is 0 Å². The van der Waals surface area contributed by atoms with Crippen molar-refractivity contribution in [2.24, 2.45) is 0 Å². The van der Waals surface area contributed by atoms with E-state index in [9.17, 15) is 0 Å². The van der Waals surface area contributed by atoms with Crippen molar-refractivity contribution in [3.63, 3.8) is 0 Å². The Hall–Kier alpha value is -1.61. The molecule has 0 saturated carbocycles. The van der Waals surface area contributed by atoms with Crippen molar-refractivity contribution in [3.8, 4) is 0 Å². The monoisotopic (exact) mass is 285 g/mol. The summed E-state index contributed by atoms with van der Waals surface area (Å²) in [5, 5.41) is 4.73. The van der Waals surface area contributed by atoms with Crippen LogP contribution in [0.25, 0.3) is 10.9 Å². The summed E-state index contributed by atoms with van der Waals surface area (Å²) in [6, 6.07) is 11.0. The number of pyridine rings is 1. The van der Waals surface area contributed by atoms with E-state index < -0.39 is 0 Å². The van der Waals surface area contributed by atoms with E-state index in [4.69, 9.17) is 4.98 Å². The maximum absolute atomic E-state index is 4.79. The quantitative estimate of drug-likeness (QED) is 0.921. The Labute approximate surface area is 128 Å². The summed E-state index contributed by atoms with van der Waals surface area (Å²) in [7, 11) is 2.15. The van der Waals surface area contributed by atoms with Crippen LogP contribution in [0.4, 0.5) is 5.69 Å². The molecule has 0 saturated heterocycles. The van der Waals surface area contributed by atoms with E-state index in [0.29, 0.717) is 6.04 Å². The number of rotatable bonds is 4. The largest absolute Gasteiger partial charge is 0.372 e. The lowest BCUT2D eigenvalue weighted by Crippen LogP contribution is -2.35. The van der Waals surface area contributed by atoms with E-state index in [0.717, 1.165) is 17.8 Å². The van der Waals surface area contributed by atoms with Crippen LogP contribution >= 0.6 is 0 Å². The van der Waals surface area contributed by atoms with E-state index in [-0.39, 0.29) is 5.54 Å². The van der Waals surface area contributed by atoms with E-state index >= 15 is 0 Å². The van der Waals surface area contributed by atoms with Crippen LogP contribution in [-0.2, 0) is 6.54 Å². The summed E-state index contributed by atoms with van der Waals surface area (Å²) in [4.78, 5) is 7.10. The predicted molar refractivity (Wildman–Crippen MR) is 91.9 cm³/mol. The number of hydrogen-bond donors (Lipinski definition) is 1. The minimum atomic E-state index is 0.0947. The second-order valence-corrected chi connectivity index (χ2v) is 6.96. The van der Waals surface area contributed by atoms with Gasteiger partial charge in [-0.25, -0.2) is 0 Å². The van der Waals surface area contributed by atoms with Crippen molar-refractivity contribution < 1.29 is 0 Å². The molecular formula is C18H27N3. The van der Waals surface area contributed by atoms with E-state index in [1.807, 2.05) is 0 Å². The van der Waals surface area contributed by atoms with Gasteiger partial charge in [0.05, 0.1) is 11.2 Å². The van der Waals surface area contributed by atoms with Crippen molar-refractivity contribution in [2.75, 3.05) is 11.9 Å². The zero-order chi connectivity index (χ0) is 15.6. The summed E-state index contributed by atoms with van der Waals surface area (Å²) in [6.07, 6.45) is 0. The van der Waals surface area contributed by atoms with E-state index in [1.165, 1.54) is 11.1 Å². The Morgan fingerprint density at radius 2 is 1.86 bits per heavy atom. The second kappa shape index (κ2) is 6.02. The van der Waals surface area contributed by atoms with Gasteiger partial charge in [0.25, 0.3) is 0 Å². The van der Waals surface area contributed by atoms with Crippen molar-refractivity contribution >= 4 is 16.6 Å². The number of fused-ring (bicyclic) bond motifs is 1. The van der Waals surface area contributed by atoms with Gasteiger partial charge < -0.3 is 10.2 Å². The van der Waals surface area contributed by atoms with Gasteiger partial charge in [-0.05, 0) is 46.8 Å². The molecule has 0 amide bonds. The first-order valence-electron chi connectivity index (χ1n) is 7.64. The molecule has 0 aliphatic carbocycles. The molecule has 0 radical (unpaired) electrons. The average Bonchev–Trinajstić information content (AvgIpc) is 2.42. The third kappa shape index (κ3) is 3.94. The third-order valence-corrected chi connectivity index (χ3v) is 3.70. The van der Waals surface area contributed by atoms with Gasteiger partial charge in [-0.3, -0.25) is 4.98 Å². The molecule has 0 spiro atoms. The van der Waals surface area contributed by atoms with Crippen LogP contribution in [0.5, 0.6) is 0 Å². The van der Waals surface area contributed by atoms with Gasteiger partial charge in [-0.1, -0.05) is 18.2 Å². The van der Waals surface area contributed by atoms with Crippen LogP contribution in [0.2, 0.25) is 0 Å². The molecule has 114 valence electrons. The Kier molecular flexibility index (Phi) is 4.52. The molecule has 0 aliphatic rings. The molecular weight excluding hydrogens is 258 g/mol. The normalized spacial score (nSPS) is 12.1. The first kappa shape index (κ1) is 15.8. The van der Waals surface area contributed by atoms with Crippen molar-refractivity contribution in [3.05, 3.63) is 36.0 Å². The van der Waals surface area contributed by atoms with Gasteiger partial charge in [0, 0.05) is 36.2 Å². The lowest BCUT2D eigenvalue weighted by Gasteiger charge is -2.26. The van der Waals surface area contributed by atoms with Crippen LogP contribution in [-0.4, -0.2) is 23.6 Å². The number of aromatic nitrogens is 1. The van der Waals surface area contributed by atoms with Crippen LogP contribution < -0.4 is 10.2 Å². The molecule has 1 N–H and O–H groups in total. The topological polar surface area (TPSA) is 28.2 Å². The summed E-state index contributed by atoms with van der Waals surface area (Å²) < 4.78 is 0. The van der Waals surface area contributed by atoms with Crippen LogP contribution in [0, 0.1) is 0 Å². The number of benzene rings is 1. The Balaban J connectivity index is 2.44. The molecule has 3 nitrogen and oxygen atoms in total. The maximum Gasteiger partial charge on any atom is 0.0726 e. The molecule has 0 bridgehead atoms. The SMILES string of the molecule is CC(C)N(C)c1cc(CNC(C)(C)C)nc2ccccc12. The van der Waals surface area contributed by atoms with Crippen LogP contribution in [0.3, 0.4) is 0 Å². The van der Waals surface area contributed by atoms with Gasteiger partial charge in [-0.2, -0.15) is 0 Å². The lowest BCUT2D eigenvalue weighted by molar-refractivity contribution is 0.421. The summed E-state index contributed by atoms with van der Waals surface area (Å²) in [6.45, 7) is 11.7. The molecule has 2 rings (SSSR count). The highest BCUT2D eigenvalue weighted by Crippen LogP contribution is 2.27. The molecule has 3 heteroatoms. The zero-order valence-corrected chi connectivity index (χ0v) is 14.1. The van der Waals surface area contributed by atoms with Gasteiger partial charge in [0.2, 0.25) is 0 Å². The molecule has 0 fully saturated rings. The fourth-order valence-electron chi connectivity index (χ4n) is 2.23. The molecule has 0 aliphatic heterocycles. The standard InChI is InChI=1S/C18H27N3/c1-13(2)21(6)17-11-14(12-19-18(3,4)5)20-16-10-8-7-9-15(16)17/h7-11,13,19H,12H2,1-6H3. The average molecular weight is 285 g/mol.